The molecule has 0 N–H and O–H groups in total. The molecule has 1 saturated heterocycles. The van der Waals surface area contributed by atoms with Crippen LogP contribution in [-0.4, -0.2) is 24.8 Å². The molecule has 17 heavy (non-hydrogen) atoms. The van der Waals surface area contributed by atoms with Gasteiger partial charge in [0.2, 0.25) is 0 Å². The van der Waals surface area contributed by atoms with Gasteiger partial charge in [-0.3, -0.25) is 4.79 Å². The van der Waals surface area contributed by atoms with Crippen molar-refractivity contribution < 1.29 is 14.3 Å². The molecule has 100 valence electrons. The minimum absolute atomic E-state index is 0.0193. The van der Waals surface area contributed by atoms with E-state index in [-0.39, 0.29) is 18.2 Å². The molecule has 0 saturated carbocycles. The highest BCUT2D eigenvalue weighted by Crippen LogP contribution is 2.18. The molecule has 0 bridgehead atoms. The fourth-order valence-electron chi connectivity index (χ4n) is 2.22. The maximum atomic E-state index is 11.2. The number of ether oxygens (including phenoxy) is 2. The van der Waals surface area contributed by atoms with E-state index in [9.17, 15) is 4.79 Å². The van der Waals surface area contributed by atoms with Gasteiger partial charge in [-0.1, -0.05) is 39.0 Å². The van der Waals surface area contributed by atoms with Crippen LogP contribution in [0.4, 0.5) is 0 Å². The molecule has 3 nitrogen and oxygen atoms in total. The normalized spacial score (nSPS) is 24.7. The Morgan fingerprint density at radius 3 is 2.65 bits per heavy atom. The van der Waals surface area contributed by atoms with Gasteiger partial charge in [-0.05, 0) is 13.3 Å². The van der Waals surface area contributed by atoms with Crippen LogP contribution in [0.2, 0.25) is 0 Å². The maximum absolute atomic E-state index is 11.2. The van der Waals surface area contributed by atoms with Crippen molar-refractivity contribution in [3.05, 3.63) is 0 Å². The van der Waals surface area contributed by atoms with Crippen LogP contribution in [0.1, 0.15) is 65.2 Å². The van der Waals surface area contributed by atoms with E-state index in [1.54, 1.807) is 0 Å². The molecular weight excluding hydrogens is 216 g/mol. The van der Waals surface area contributed by atoms with Gasteiger partial charge in [0.1, 0.15) is 6.10 Å². The zero-order chi connectivity index (χ0) is 12.5. The topological polar surface area (TPSA) is 35.5 Å². The summed E-state index contributed by atoms with van der Waals surface area (Å²) in [6.45, 7) is 4.95. The SMILES string of the molecule is CCCCCCCCOC1CC(=O)OC(C)C1. The average Bonchev–Trinajstić information content (AvgIpc) is 2.26. The van der Waals surface area contributed by atoms with Crippen molar-refractivity contribution in [1.29, 1.82) is 0 Å². The van der Waals surface area contributed by atoms with Crippen LogP contribution in [0.15, 0.2) is 0 Å². The number of carbonyl (C=O) groups excluding carboxylic acids is 1. The van der Waals surface area contributed by atoms with Crippen LogP contribution in [-0.2, 0) is 14.3 Å². The van der Waals surface area contributed by atoms with Crippen molar-refractivity contribution in [3.63, 3.8) is 0 Å². The lowest BCUT2D eigenvalue weighted by Crippen LogP contribution is -2.32. The summed E-state index contributed by atoms with van der Waals surface area (Å²) in [6, 6.07) is 0. The van der Waals surface area contributed by atoms with Gasteiger partial charge in [0, 0.05) is 13.0 Å². The van der Waals surface area contributed by atoms with Crippen LogP contribution in [0.3, 0.4) is 0 Å². The van der Waals surface area contributed by atoms with Crippen LogP contribution in [0.25, 0.3) is 0 Å². The summed E-state index contributed by atoms with van der Waals surface area (Å²) in [4.78, 5) is 11.2. The van der Waals surface area contributed by atoms with Crippen molar-refractivity contribution in [2.45, 2.75) is 77.4 Å². The van der Waals surface area contributed by atoms with Gasteiger partial charge >= 0.3 is 5.97 Å². The summed E-state index contributed by atoms with van der Waals surface area (Å²) in [5.41, 5.74) is 0. The first-order valence-corrected chi connectivity index (χ1v) is 7.03. The molecule has 0 aromatic carbocycles. The van der Waals surface area contributed by atoms with Gasteiger partial charge in [-0.25, -0.2) is 0 Å². The lowest BCUT2D eigenvalue weighted by Gasteiger charge is -2.26. The quantitative estimate of drug-likeness (QED) is 0.483. The van der Waals surface area contributed by atoms with E-state index in [1.807, 2.05) is 6.92 Å². The fraction of sp³-hybridized carbons (Fsp3) is 0.929. The first-order chi connectivity index (χ1) is 8.22. The van der Waals surface area contributed by atoms with Crippen molar-refractivity contribution in [3.8, 4) is 0 Å². The smallest absolute Gasteiger partial charge is 0.308 e. The highest BCUT2D eigenvalue weighted by atomic mass is 16.6. The Hall–Kier alpha value is -0.570. The Morgan fingerprint density at radius 2 is 1.94 bits per heavy atom. The summed E-state index contributed by atoms with van der Waals surface area (Å²) in [7, 11) is 0. The van der Waals surface area contributed by atoms with Crippen molar-refractivity contribution in [2.75, 3.05) is 6.61 Å². The second kappa shape index (κ2) is 8.51. The van der Waals surface area contributed by atoms with Crippen LogP contribution in [0, 0.1) is 0 Å². The molecule has 1 heterocycles. The van der Waals surface area contributed by atoms with Crippen molar-refractivity contribution in [2.24, 2.45) is 0 Å². The first-order valence-electron chi connectivity index (χ1n) is 7.03. The van der Waals surface area contributed by atoms with E-state index in [4.69, 9.17) is 9.47 Å². The number of esters is 1. The van der Waals surface area contributed by atoms with E-state index in [0.29, 0.717) is 6.42 Å². The highest BCUT2D eigenvalue weighted by molar-refractivity contribution is 5.70. The van der Waals surface area contributed by atoms with Gasteiger partial charge in [0.05, 0.1) is 12.5 Å². The molecule has 0 radical (unpaired) electrons. The van der Waals surface area contributed by atoms with Gasteiger partial charge in [0.25, 0.3) is 0 Å². The van der Waals surface area contributed by atoms with Crippen LogP contribution < -0.4 is 0 Å². The lowest BCUT2D eigenvalue weighted by molar-refractivity contribution is -0.161. The molecule has 0 aromatic rings. The van der Waals surface area contributed by atoms with Crippen molar-refractivity contribution >= 4 is 5.97 Å². The second-order valence-electron chi connectivity index (χ2n) is 5.00. The molecule has 2 unspecified atom stereocenters. The number of hydrogen-bond donors (Lipinski definition) is 0. The van der Waals surface area contributed by atoms with Gasteiger partial charge in [-0.2, -0.15) is 0 Å². The number of hydrogen-bond acceptors (Lipinski definition) is 3. The molecule has 1 aliphatic heterocycles. The Morgan fingerprint density at radius 1 is 1.24 bits per heavy atom. The zero-order valence-corrected chi connectivity index (χ0v) is 11.2. The predicted octanol–water partition coefficient (Wildman–Crippen LogP) is 3.46. The Balaban J connectivity index is 1.97. The Kier molecular flexibility index (Phi) is 7.25. The molecule has 2 atom stereocenters. The Labute approximate surface area is 105 Å². The minimum atomic E-state index is -0.114. The van der Waals surface area contributed by atoms with E-state index < -0.39 is 0 Å². The lowest BCUT2D eigenvalue weighted by atomic mass is 10.1. The van der Waals surface area contributed by atoms with Gasteiger partial charge in [0.15, 0.2) is 0 Å². The molecule has 0 spiro atoms. The van der Waals surface area contributed by atoms with Crippen molar-refractivity contribution in [1.82, 2.24) is 0 Å². The summed E-state index contributed by atoms with van der Waals surface area (Å²) < 4.78 is 10.8. The standard InChI is InChI=1S/C14H26O3/c1-3-4-5-6-7-8-9-16-13-10-12(2)17-14(15)11-13/h12-13H,3-11H2,1-2H3. The number of rotatable bonds is 8. The summed E-state index contributed by atoms with van der Waals surface area (Å²) in [6.07, 6.45) is 9.01. The first kappa shape index (κ1) is 14.5. The summed E-state index contributed by atoms with van der Waals surface area (Å²) >= 11 is 0. The van der Waals surface area contributed by atoms with E-state index in [0.717, 1.165) is 19.4 Å². The third-order valence-corrected chi connectivity index (χ3v) is 3.17. The predicted molar refractivity (Wildman–Crippen MR) is 67.9 cm³/mol. The molecule has 1 aliphatic rings. The van der Waals surface area contributed by atoms with Crippen LogP contribution >= 0.6 is 0 Å². The van der Waals surface area contributed by atoms with Gasteiger partial charge < -0.3 is 9.47 Å². The van der Waals surface area contributed by atoms with Gasteiger partial charge in [-0.15, -0.1) is 0 Å². The molecule has 1 fully saturated rings. The minimum Gasteiger partial charge on any atom is -0.462 e. The molecule has 0 amide bonds. The van der Waals surface area contributed by atoms with E-state index in [2.05, 4.69) is 6.92 Å². The number of cyclic esters (lactones) is 1. The summed E-state index contributed by atoms with van der Waals surface area (Å²) in [5, 5.41) is 0. The average molecular weight is 242 g/mol. The third kappa shape index (κ3) is 6.67. The maximum Gasteiger partial charge on any atom is 0.308 e. The number of unbranched alkanes of at least 4 members (excludes halogenated alkanes) is 5. The summed E-state index contributed by atoms with van der Waals surface area (Å²) in [5.74, 6) is -0.114. The molecule has 3 heteroatoms. The molecule has 0 aromatic heterocycles. The van der Waals surface area contributed by atoms with E-state index >= 15 is 0 Å². The fourth-order valence-corrected chi connectivity index (χ4v) is 2.22. The third-order valence-electron chi connectivity index (χ3n) is 3.17. The molecule has 1 rings (SSSR count). The molecular formula is C14H26O3. The van der Waals surface area contributed by atoms with E-state index in [1.165, 1.54) is 32.1 Å². The monoisotopic (exact) mass is 242 g/mol. The Bertz CT molecular complexity index is 216. The molecule has 0 aliphatic carbocycles. The van der Waals surface area contributed by atoms with Crippen LogP contribution in [0.5, 0.6) is 0 Å². The second-order valence-corrected chi connectivity index (χ2v) is 5.00. The number of carbonyl (C=O) groups is 1. The highest BCUT2D eigenvalue weighted by Gasteiger charge is 2.25. The largest absolute Gasteiger partial charge is 0.462 e. The zero-order valence-electron chi connectivity index (χ0n) is 11.2.